The number of aromatic nitrogens is 1. The molecule has 0 spiro atoms. The summed E-state index contributed by atoms with van der Waals surface area (Å²) in [5.41, 5.74) is 2.06. The molecule has 1 aliphatic rings. The summed E-state index contributed by atoms with van der Waals surface area (Å²) in [4.78, 5) is 29.6. The number of halogens is 2. The maximum Gasteiger partial charge on any atom is 0.266 e. The van der Waals surface area contributed by atoms with Gasteiger partial charge in [-0.1, -0.05) is 42.2 Å². The Balaban J connectivity index is 1.29. The summed E-state index contributed by atoms with van der Waals surface area (Å²) < 4.78 is 27.7. The van der Waals surface area contributed by atoms with Crippen molar-refractivity contribution in [3.05, 3.63) is 76.3 Å². The molecule has 0 unspecified atom stereocenters. The summed E-state index contributed by atoms with van der Waals surface area (Å²) in [7, 11) is 0. The zero-order valence-corrected chi connectivity index (χ0v) is 18.5. The monoisotopic (exact) mass is 471 g/mol. The second-order valence-corrected chi connectivity index (χ2v) is 8.88. The predicted molar refractivity (Wildman–Crippen MR) is 126 cm³/mol. The van der Waals surface area contributed by atoms with E-state index >= 15 is 0 Å². The molecule has 2 aromatic carbocycles. The smallest absolute Gasteiger partial charge is 0.266 e. The summed E-state index contributed by atoms with van der Waals surface area (Å²) in [5.74, 6) is -1.29. The Hall–Kier alpha value is -3.04. The van der Waals surface area contributed by atoms with Crippen molar-refractivity contribution in [3.8, 4) is 0 Å². The molecular formula is C23H19F2N3O2S2. The number of benzene rings is 2. The molecule has 0 aliphatic carbocycles. The Morgan fingerprint density at radius 1 is 1.22 bits per heavy atom. The Bertz CT molecular complexity index is 1240. The van der Waals surface area contributed by atoms with Gasteiger partial charge < -0.3 is 10.3 Å². The second kappa shape index (κ2) is 9.62. The number of carbonyl (C=O) groups excluding carboxylic acids is 2. The Kier molecular flexibility index (Phi) is 6.66. The van der Waals surface area contributed by atoms with Crippen molar-refractivity contribution in [2.24, 2.45) is 0 Å². The van der Waals surface area contributed by atoms with Crippen LogP contribution in [0.2, 0.25) is 0 Å². The molecule has 4 rings (SSSR count). The van der Waals surface area contributed by atoms with Crippen LogP contribution in [0.3, 0.4) is 0 Å². The Morgan fingerprint density at radius 2 is 2.03 bits per heavy atom. The highest BCUT2D eigenvalue weighted by molar-refractivity contribution is 8.26. The molecule has 5 nitrogen and oxygen atoms in total. The highest BCUT2D eigenvalue weighted by Gasteiger charge is 2.32. The van der Waals surface area contributed by atoms with Crippen molar-refractivity contribution in [2.45, 2.75) is 12.8 Å². The zero-order chi connectivity index (χ0) is 22.7. The number of hydrogen-bond acceptors (Lipinski definition) is 4. The van der Waals surface area contributed by atoms with Crippen molar-refractivity contribution in [2.75, 3.05) is 13.1 Å². The van der Waals surface area contributed by atoms with Crippen LogP contribution in [0.5, 0.6) is 0 Å². The van der Waals surface area contributed by atoms with Gasteiger partial charge in [-0.05, 0) is 42.3 Å². The molecule has 1 aliphatic heterocycles. The van der Waals surface area contributed by atoms with Crippen LogP contribution in [-0.2, 0) is 16.0 Å². The van der Waals surface area contributed by atoms with Crippen molar-refractivity contribution in [1.82, 2.24) is 15.2 Å². The number of amides is 2. The van der Waals surface area contributed by atoms with E-state index < -0.39 is 5.82 Å². The summed E-state index contributed by atoms with van der Waals surface area (Å²) in [5, 5.41) is 3.60. The van der Waals surface area contributed by atoms with Gasteiger partial charge in [0.1, 0.15) is 16.0 Å². The summed E-state index contributed by atoms with van der Waals surface area (Å²) in [6.45, 7) is 0.525. The van der Waals surface area contributed by atoms with Crippen molar-refractivity contribution < 1.29 is 18.4 Å². The standard InChI is InChI=1S/C23H19F2N3O2S2/c24-16-5-6-19-17(12-16)15(13-27-19)7-9-26-21(29)8-10-28-22(30)20(32-23(28)31)11-14-3-1-2-4-18(14)25/h1-6,11-13,27H,7-10H2,(H,26,29). The van der Waals surface area contributed by atoms with Crippen LogP contribution in [0.15, 0.2) is 53.6 Å². The molecule has 1 aromatic heterocycles. The van der Waals surface area contributed by atoms with Gasteiger partial charge in [0, 0.05) is 42.2 Å². The molecule has 0 atom stereocenters. The molecule has 1 saturated heterocycles. The summed E-state index contributed by atoms with van der Waals surface area (Å²) in [6, 6.07) is 10.7. The van der Waals surface area contributed by atoms with E-state index in [1.54, 1.807) is 30.5 Å². The lowest BCUT2D eigenvalue weighted by molar-refractivity contribution is -0.123. The van der Waals surface area contributed by atoms with Gasteiger partial charge in [0.05, 0.1) is 4.91 Å². The van der Waals surface area contributed by atoms with Gasteiger partial charge in [0.2, 0.25) is 5.91 Å². The highest BCUT2D eigenvalue weighted by atomic mass is 32.2. The fourth-order valence-corrected chi connectivity index (χ4v) is 4.72. The Labute approximate surface area is 192 Å². The maximum absolute atomic E-state index is 13.9. The molecule has 3 aromatic rings. The third-order valence-corrected chi connectivity index (χ3v) is 6.45. The third kappa shape index (κ3) is 4.89. The minimum atomic E-state index is -0.421. The van der Waals surface area contributed by atoms with Crippen molar-refractivity contribution >= 4 is 57.1 Å². The van der Waals surface area contributed by atoms with E-state index in [1.165, 1.54) is 29.2 Å². The lowest BCUT2D eigenvalue weighted by Crippen LogP contribution is -2.34. The van der Waals surface area contributed by atoms with Crippen LogP contribution in [-0.4, -0.2) is 39.1 Å². The molecule has 2 heterocycles. The quantitative estimate of drug-likeness (QED) is 0.396. The predicted octanol–water partition coefficient (Wildman–Crippen LogP) is 4.40. The number of rotatable bonds is 7. The molecule has 0 saturated carbocycles. The van der Waals surface area contributed by atoms with Crippen LogP contribution in [0.25, 0.3) is 17.0 Å². The van der Waals surface area contributed by atoms with Gasteiger partial charge >= 0.3 is 0 Å². The van der Waals surface area contributed by atoms with Gasteiger partial charge in [-0.2, -0.15) is 0 Å². The van der Waals surface area contributed by atoms with E-state index in [2.05, 4.69) is 10.3 Å². The fourth-order valence-electron chi connectivity index (χ4n) is 3.42. The Morgan fingerprint density at radius 3 is 2.84 bits per heavy atom. The van der Waals surface area contributed by atoms with Crippen LogP contribution in [0.1, 0.15) is 17.5 Å². The van der Waals surface area contributed by atoms with Crippen LogP contribution in [0, 0.1) is 11.6 Å². The number of hydrogen-bond donors (Lipinski definition) is 2. The summed E-state index contributed by atoms with van der Waals surface area (Å²) in [6.07, 6.45) is 3.90. The average Bonchev–Trinajstić information content (AvgIpc) is 3.28. The normalized spacial score (nSPS) is 15.2. The number of aromatic amines is 1. The van der Waals surface area contributed by atoms with Crippen molar-refractivity contribution in [1.29, 1.82) is 0 Å². The van der Waals surface area contributed by atoms with Crippen molar-refractivity contribution in [3.63, 3.8) is 0 Å². The molecule has 164 valence electrons. The topological polar surface area (TPSA) is 65.2 Å². The molecule has 0 bridgehead atoms. The minimum absolute atomic E-state index is 0.0852. The minimum Gasteiger partial charge on any atom is -0.361 e. The number of nitrogens with zero attached hydrogens (tertiary/aromatic N) is 1. The first-order chi connectivity index (χ1) is 15.4. The number of thioether (sulfide) groups is 1. The SMILES string of the molecule is O=C(CCN1C(=O)C(=Cc2ccccc2F)SC1=S)NCCc1c[nH]c2ccc(F)cc12. The van der Waals surface area contributed by atoms with E-state index in [4.69, 9.17) is 12.2 Å². The van der Waals surface area contributed by atoms with E-state index in [1.807, 2.05) is 0 Å². The largest absolute Gasteiger partial charge is 0.361 e. The van der Waals surface area contributed by atoms with Gasteiger partial charge in [0.25, 0.3) is 5.91 Å². The zero-order valence-electron chi connectivity index (χ0n) is 16.9. The third-order valence-electron chi connectivity index (χ3n) is 5.07. The number of nitrogens with one attached hydrogen (secondary N) is 2. The molecule has 1 fully saturated rings. The van der Waals surface area contributed by atoms with Gasteiger partial charge in [-0.3, -0.25) is 14.5 Å². The molecule has 9 heteroatoms. The molecule has 2 N–H and O–H groups in total. The average molecular weight is 472 g/mol. The fraction of sp³-hybridized carbons (Fsp3) is 0.174. The second-order valence-electron chi connectivity index (χ2n) is 7.21. The van der Waals surface area contributed by atoms with E-state index in [-0.39, 0.29) is 30.6 Å². The number of thiocarbonyl (C=S) groups is 1. The first-order valence-corrected chi connectivity index (χ1v) is 11.2. The first kappa shape index (κ1) is 22.2. The lowest BCUT2D eigenvalue weighted by atomic mass is 10.1. The number of carbonyl (C=O) groups is 2. The van der Waals surface area contributed by atoms with Gasteiger partial charge in [0.15, 0.2) is 0 Å². The van der Waals surface area contributed by atoms with Crippen LogP contribution in [0.4, 0.5) is 8.78 Å². The van der Waals surface area contributed by atoms with E-state index in [0.29, 0.717) is 27.8 Å². The first-order valence-electron chi connectivity index (χ1n) is 9.94. The highest BCUT2D eigenvalue weighted by Crippen LogP contribution is 2.33. The lowest BCUT2D eigenvalue weighted by Gasteiger charge is -2.14. The molecular weight excluding hydrogens is 452 g/mol. The van der Waals surface area contributed by atoms with E-state index in [0.717, 1.165) is 28.2 Å². The van der Waals surface area contributed by atoms with Crippen LogP contribution < -0.4 is 5.32 Å². The van der Waals surface area contributed by atoms with Crippen LogP contribution >= 0.6 is 24.0 Å². The van der Waals surface area contributed by atoms with E-state index in [9.17, 15) is 18.4 Å². The maximum atomic E-state index is 13.9. The van der Waals surface area contributed by atoms with Gasteiger partial charge in [-0.25, -0.2) is 8.78 Å². The number of H-pyrrole nitrogens is 1. The summed E-state index contributed by atoms with van der Waals surface area (Å²) >= 11 is 6.35. The van der Waals surface area contributed by atoms with Gasteiger partial charge in [-0.15, -0.1) is 0 Å². The molecule has 2 amide bonds. The molecule has 0 radical (unpaired) electrons. The molecule has 32 heavy (non-hydrogen) atoms. The number of fused-ring (bicyclic) bond motifs is 1.